The van der Waals surface area contributed by atoms with Crippen molar-refractivity contribution in [2.24, 2.45) is 5.73 Å². The SMILES string of the molecule is NC(=O)c1nn(-c2cc(F)cc(F)c2)c2c1CCN(c1ccc(N3CCCC3=O)cc1)C2=O. The Morgan fingerprint density at radius 2 is 1.52 bits per heavy atom. The Morgan fingerprint density at radius 3 is 2.09 bits per heavy atom. The van der Waals surface area contributed by atoms with Gasteiger partial charge in [0.05, 0.1) is 5.69 Å². The fraction of sp³-hybridized carbons (Fsp3) is 0.217. The normalized spacial score (nSPS) is 15.8. The minimum absolute atomic E-state index is 0.0267. The lowest BCUT2D eigenvalue weighted by Crippen LogP contribution is -2.39. The molecule has 0 saturated carbocycles. The molecule has 3 aromatic rings. The van der Waals surface area contributed by atoms with E-state index in [1.807, 2.05) is 0 Å². The van der Waals surface area contributed by atoms with Crippen LogP contribution >= 0.6 is 0 Å². The van der Waals surface area contributed by atoms with Crippen LogP contribution in [0.25, 0.3) is 5.69 Å². The maximum absolute atomic E-state index is 13.8. The number of primary amides is 1. The molecule has 3 amide bonds. The third kappa shape index (κ3) is 3.53. The lowest BCUT2D eigenvalue weighted by Gasteiger charge is -2.28. The van der Waals surface area contributed by atoms with Gasteiger partial charge in [-0.05, 0) is 49.2 Å². The zero-order valence-electron chi connectivity index (χ0n) is 17.4. The molecule has 2 aliphatic heterocycles. The number of amides is 3. The summed E-state index contributed by atoms with van der Waals surface area (Å²) in [7, 11) is 0. The van der Waals surface area contributed by atoms with Crippen LogP contribution in [-0.2, 0) is 11.2 Å². The van der Waals surface area contributed by atoms with Gasteiger partial charge in [-0.3, -0.25) is 14.4 Å². The van der Waals surface area contributed by atoms with Gasteiger partial charge in [0.2, 0.25) is 5.91 Å². The number of hydrogen-bond donors (Lipinski definition) is 1. The first kappa shape index (κ1) is 20.8. The number of halogens is 2. The molecular weight excluding hydrogens is 432 g/mol. The van der Waals surface area contributed by atoms with Gasteiger partial charge in [-0.25, -0.2) is 13.5 Å². The fourth-order valence-corrected chi connectivity index (χ4v) is 4.39. The number of benzene rings is 2. The Labute approximate surface area is 187 Å². The molecule has 2 aliphatic rings. The van der Waals surface area contributed by atoms with E-state index in [4.69, 9.17) is 5.73 Å². The van der Waals surface area contributed by atoms with Crippen molar-refractivity contribution in [3.05, 3.63) is 71.1 Å². The molecule has 8 nitrogen and oxygen atoms in total. The van der Waals surface area contributed by atoms with Crippen molar-refractivity contribution in [2.45, 2.75) is 19.3 Å². The number of nitrogens with two attached hydrogens (primary N) is 1. The van der Waals surface area contributed by atoms with E-state index in [1.54, 1.807) is 29.2 Å². The molecule has 0 atom stereocenters. The standard InChI is InChI=1S/C23H19F2N5O3/c24-13-10-14(25)12-17(11-13)30-21-18(20(27-30)22(26)32)7-9-29(23(21)33)16-5-3-15(4-6-16)28-8-1-2-19(28)31/h3-6,10-12H,1-2,7-9H2,(H2,26,32). The Hall–Kier alpha value is -4.08. The summed E-state index contributed by atoms with van der Waals surface area (Å²) < 4.78 is 28.8. The van der Waals surface area contributed by atoms with Crippen LogP contribution in [-0.4, -0.2) is 40.6 Å². The number of fused-ring (bicyclic) bond motifs is 1. The predicted octanol–water partition coefficient (Wildman–Crippen LogP) is 2.58. The summed E-state index contributed by atoms with van der Waals surface area (Å²) in [5.41, 5.74) is 7.01. The van der Waals surface area contributed by atoms with Crippen molar-refractivity contribution in [3.8, 4) is 5.69 Å². The number of carbonyl (C=O) groups excluding carboxylic acids is 3. The second-order valence-electron chi connectivity index (χ2n) is 7.95. The Morgan fingerprint density at radius 1 is 0.879 bits per heavy atom. The molecule has 0 bridgehead atoms. The predicted molar refractivity (Wildman–Crippen MR) is 115 cm³/mol. The molecule has 3 heterocycles. The van der Waals surface area contributed by atoms with Crippen LogP contribution in [0.5, 0.6) is 0 Å². The van der Waals surface area contributed by atoms with Gasteiger partial charge in [-0.15, -0.1) is 0 Å². The highest BCUT2D eigenvalue weighted by Crippen LogP contribution is 2.31. The zero-order chi connectivity index (χ0) is 23.3. The quantitative estimate of drug-likeness (QED) is 0.659. The molecule has 1 aromatic heterocycles. The van der Waals surface area contributed by atoms with Gasteiger partial charge < -0.3 is 15.5 Å². The van der Waals surface area contributed by atoms with E-state index < -0.39 is 23.4 Å². The van der Waals surface area contributed by atoms with E-state index in [0.717, 1.165) is 28.9 Å². The minimum Gasteiger partial charge on any atom is -0.364 e. The van der Waals surface area contributed by atoms with Gasteiger partial charge in [0.1, 0.15) is 17.3 Å². The van der Waals surface area contributed by atoms with E-state index in [1.165, 1.54) is 4.90 Å². The molecule has 1 fully saturated rings. The Balaban J connectivity index is 1.54. The van der Waals surface area contributed by atoms with Crippen LogP contribution < -0.4 is 15.5 Å². The highest BCUT2D eigenvalue weighted by atomic mass is 19.1. The molecule has 1 saturated heterocycles. The molecule has 0 unspecified atom stereocenters. The second-order valence-corrected chi connectivity index (χ2v) is 7.95. The zero-order valence-corrected chi connectivity index (χ0v) is 17.4. The van der Waals surface area contributed by atoms with Crippen molar-refractivity contribution in [2.75, 3.05) is 22.9 Å². The summed E-state index contributed by atoms with van der Waals surface area (Å²) in [4.78, 5) is 40.6. The molecular formula is C23H19F2N5O3. The number of aromatic nitrogens is 2. The van der Waals surface area contributed by atoms with Crippen molar-refractivity contribution in [3.63, 3.8) is 0 Å². The molecule has 168 valence electrons. The summed E-state index contributed by atoms with van der Waals surface area (Å²) in [6.07, 6.45) is 1.60. The highest BCUT2D eigenvalue weighted by Gasteiger charge is 2.35. The van der Waals surface area contributed by atoms with Crippen molar-refractivity contribution in [1.29, 1.82) is 0 Å². The topological polar surface area (TPSA) is 102 Å². The molecule has 0 spiro atoms. The summed E-state index contributed by atoms with van der Waals surface area (Å²) in [6, 6.07) is 9.77. The maximum Gasteiger partial charge on any atom is 0.277 e. The highest BCUT2D eigenvalue weighted by molar-refractivity contribution is 6.09. The Bertz CT molecular complexity index is 1280. The van der Waals surface area contributed by atoms with Crippen LogP contribution in [0, 0.1) is 11.6 Å². The van der Waals surface area contributed by atoms with Crippen LogP contribution in [0.15, 0.2) is 42.5 Å². The van der Waals surface area contributed by atoms with Crippen molar-refractivity contribution < 1.29 is 23.2 Å². The third-order valence-electron chi connectivity index (χ3n) is 5.89. The molecule has 2 N–H and O–H groups in total. The van der Waals surface area contributed by atoms with E-state index >= 15 is 0 Å². The van der Waals surface area contributed by atoms with E-state index in [2.05, 4.69) is 5.10 Å². The van der Waals surface area contributed by atoms with Gasteiger partial charge in [0.15, 0.2) is 5.69 Å². The summed E-state index contributed by atoms with van der Waals surface area (Å²) in [6.45, 7) is 0.917. The first-order valence-electron chi connectivity index (χ1n) is 10.4. The first-order valence-corrected chi connectivity index (χ1v) is 10.4. The maximum atomic E-state index is 13.8. The minimum atomic E-state index is -0.845. The van der Waals surface area contributed by atoms with Crippen LogP contribution in [0.2, 0.25) is 0 Å². The molecule has 0 radical (unpaired) electrons. The average molecular weight is 451 g/mol. The largest absolute Gasteiger partial charge is 0.364 e. The summed E-state index contributed by atoms with van der Waals surface area (Å²) in [5, 5.41) is 4.11. The number of nitrogens with zero attached hydrogens (tertiary/aromatic N) is 4. The van der Waals surface area contributed by atoms with Crippen LogP contribution in [0.1, 0.15) is 39.4 Å². The lowest BCUT2D eigenvalue weighted by molar-refractivity contribution is -0.117. The summed E-state index contributed by atoms with van der Waals surface area (Å²) in [5.74, 6) is -2.94. The third-order valence-corrected chi connectivity index (χ3v) is 5.89. The lowest BCUT2D eigenvalue weighted by atomic mass is 10.0. The number of carbonyl (C=O) groups is 3. The van der Waals surface area contributed by atoms with Crippen molar-refractivity contribution >= 4 is 29.1 Å². The molecule has 2 aromatic carbocycles. The summed E-state index contributed by atoms with van der Waals surface area (Å²) >= 11 is 0. The number of anilines is 2. The first-order chi connectivity index (χ1) is 15.8. The second kappa shape index (κ2) is 7.80. The van der Waals surface area contributed by atoms with E-state index in [-0.39, 0.29) is 35.9 Å². The van der Waals surface area contributed by atoms with Crippen LogP contribution in [0.3, 0.4) is 0 Å². The average Bonchev–Trinajstić information content (AvgIpc) is 3.38. The monoisotopic (exact) mass is 451 g/mol. The number of rotatable bonds is 4. The van der Waals surface area contributed by atoms with Crippen molar-refractivity contribution in [1.82, 2.24) is 9.78 Å². The van der Waals surface area contributed by atoms with Gasteiger partial charge in [-0.2, -0.15) is 5.10 Å². The molecule has 33 heavy (non-hydrogen) atoms. The van der Waals surface area contributed by atoms with E-state index in [0.29, 0.717) is 30.3 Å². The van der Waals surface area contributed by atoms with Crippen LogP contribution in [0.4, 0.5) is 20.2 Å². The van der Waals surface area contributed by atoms with Gasteiger partial charge in [0.25, 0.3) is 11.8 Å². The fourth-order valence-electron chi connectivity index (χ4n) is 4.39. The molecule has 0 aliphatic carbocycles. The number of hydrogen-bond acceptors (Lipinski definition) is 4. The van der Waals surface area contributed by atoms with Gasteiger partial charge in [-0.1, -0.05) is 0 Å². The van der Waals surface area contributed by atoms with Gasteiger partial charge in [0, 0.05) is 42.5 Å². The molecule has 10 heteroatoms. The van der Waals surface area contributed by atoms with Gasteiger partial charge >= 0.3 is 0 Å². The smallest absolute Gasteiger partial charge is 0.277 e. The molecule has 5 rings (SSSR count). The Kier molecular flexibility index (Phi) is 4.92. The van der Waals surface area contributed by atoms with E-state index in [9.17, 15) is 23.2 Å².